The second-order valence-electron chi connectivity index (χ2n) is 14.5. The first-order valence-corrected chi connectivity index (χ1v) is 19.4. The molecule has 0 fully saturated rings. The van der Waals surface area contributed by atoms with Gasteiger partial charge in [-0.3, -0.25) is 0 Å². The molecule has 0 radical (unpaired) electrons. The van der Waals surface area contributed by atoms with E-state index in [9.17, 15) is 0 Å². The zero-order valence-corrected chi connectivity index (χ0v) is 31.1. The van der Waals surface area contributed by atoms with E-state index < -0.39 is 0 Å². The third-order valence-corrected chi connectivity index (χ3v) is 11.2. The van der Waals surface area contributed by atoms with Gasteiger partial charge in [-0.25, -0.2) is 0 Å². The highest BCUT2D eigenvalue weighted by molar-refractivity contribution is 6.13. The third-order valence-electron chi connectivity index (χ3n) is 11.2. The van der Waals surface area contributed by atoms with Crippen molar-refractivity contribution in [3.63, 3.8) is 0 Å². The van der Waals surface area contributed by atoms with Gasteiger partial charge in [0.1, 0.15) is 11.2 Å². The monoisotopic (exact) mass is 728 g/mol. The van der Waals surface area contributed by atoms with Gasteiger partial charge in [-0.1, -0.05) is 158 Å². The van der Waals surface area contributed by atoms with Crippen LogP contribution >= 0.6 is 0 Å². The first-order valence-electron chi connectivity index (χ1n) is 19.4. The fourth-order valence-corrected chi connectivity index (χ4v) is 8.54. The van der Waals surface area contributed by atoms with Gasteiger partial charge in [0.2, 0.25) is 0 Å². The Hall–Kier alpha value is -7.62. The van der Waals surface area contributed by atoms with E-state index in [0.29, 0.717) is 0 Å². The summed E-state index contributed by atoms with van der Waals surface area (Å²) in [4.78, 5) is 2.32. The van der Waals surface area contributed by atoms with Gasteiger partial charge >= 0.3 is 0 Å². The molecule has 0 amide bonds. The zero-order chi connectivity index (χ0) is 37.7. The van der Waals surface area contributed by atoms with Crippen LogP contribution in [-0.4, -0.2) is 4.57 Å². The fraction of sp³-hybridized carbons (Fsp3) is 0. The summed E-state index contributed by atoms with van der Waals surface area (Å²) in [6, 6.07) is 77.9. The van der Waals surface area contributed by atoms with Crippen molar-refractivity contribution in [2.24, 2.45) is 0 Å². The molecular weight excluding hydrogens is 693 g/mol. The van der Waals surface area contributed by atoms with E-state index in [0.717, 1.165) is 66.9 Å². The Balaban J connectivity index is 0.947. The Morgan fingerprint density at radius 1 is 0.316 bits per heavy atom. The Bertz CT molecular complexity index is 3160. The summed E-state index contributed by atoms with van der Waals surface area (Å²) in [6.07, 6.45) is 0. The summed E-state index contributed by atoms with van der Waals surface area (Å²) < 4.78 is 9.12. The minimum atomic E-state index is 0.904. The molecule has 9 aromatic carbocycles. The van der Waals surface area contributed by atoms with Crippen LogP contribution in [0.5, 0.6) is 0 Å². The van der Waals surface area contributed by atoms with Crippen molar-refractivity contribution in [3.8, 4) is 39.1 Å². The smallest absolute Gasteiger partial charge is 0.143 e. The standard InChI is InChI=1S/C54H36N2O/c1-3-14-38(15-4-1)45-22-12-24-49-50-25-13-23-46(54(50)57-53(45)49)39-30-34-43(35-31-39)55(41-17-5-2-6-18-41)42-32-28-37(29-33-42)40-16-11-19-44(36-40)56-51-26-9-7-20-47(51)48-21-8-10-27-52(48)56/h1-36H. The third kappa shape index (κ3) is 5.60. The normalized spacial score (nSPS) is 11.5. The number of furan rings is 1. The number of rotatable bonds is 7. The van der Waals surface area contributed by atoms with Crippen molar-refractivity contribution in [2.75, 3.05) is 4.90 Å². The maximum atomic E-state index is 6.74. The molecule has 0 N–H and O–H groups in total. The van der Waals surface area contributed by atoms with Gasteiger partial charge in [0.15, 0.2) is 0 Å². The molecule has 0 aliphatic carbocycles. The summed E-state index contributed by atoms with van der Waals surface area (Å²) in [7, 11) is 0. The van der Waals surface area contributed by atoms with E-state index in [1.165, 1.54) is 32.9 Å². The largest absolute Gasteiger partial charge is 0.455 e. The number of benzene rings is 9. The first-order chi connectivity index (χ1) is 28.3. The van der Waals surface area contributed by atoms with Gasteiger partial charge in [-0.05, 0) is 82.9 Å². The molecule has 57 heavy (non-hydrogen) atoms. The second-order valence-corrected chi connectivity index (χ2v) is 14.5. The van der Waals surface area contributed by atoms with Crippen LogP contribution in [0.4, 0.5) is 17.1 Å². The highest BCUT2D eigenvalue weighted by Crippen LogP contribution is 2.42. The Labute approximate surface area is 330 Å². The minimum Gasteiger partial charge on any atom is -0.455 e. The lowest BCUT2D eigenvalue weighted by molar-refractivity contribution is 0.671. The first kappa shape index (κ1) is 32.8. The number of fused-ring (bicyclic) bond motifs is 6. The maximum absolute atomic E-state index is 6.74. The van der Waals surface area contributed by atoms with Crippen molar-refractivity contribution in [1.82, 2.24) is 4.57 Å². The van der Waals surface area contributed by atoms with Crippen LogP contribution in [0.1, 0.15) is 0 Å². The summed E-state index contributed by atoms with van der Waals surface area (Å²) in [6.45, 7) is 0. The Morgan fingerprint density at radius 3 is 1.35 bits per heavy atom. The lowest BCUT2D eigenvalue weighted by atomic mass is 10.00. The molecule has 0 saturated carbocycles. The highest BCUT2D eigenvalue weighted by atomic mass is 16.3. The average Bonchev–Trinajstić information content (AvgIpc) is 3.84. The van der Waals surface area contributed by atoms with Gasteiger partial charge in [0, 0.05) is 55.4 Å². The topological polar surface area (TPSA) is 21.3 Å². The molecule has 2 heterocycles. The highest BCUT2D eigenvalue weighted by Gasteiger charge is 2.18. The summed E-state index contributed by atoms with van der Waals surface area (Å²) >= 11 is 0. The van der Waals surface area contributed by atoms with Crippen molar-refractivity contribution in [2.45, 2.75) is 0 Å². The van der Waals surface area contributed by atoms with Gasteiger partial charge in [-0.15, -0.1) is 0 Å². The van der Waals surface area contributed by atoms with E-state index in [-0.39, 0.29) is 0 Å². The Kier molecular flexibility index (Phi) is 7.82. The molecular formula is C54H36N2O. The summed E-state index contributed by atoms with van der Waals surface area (Å²) in [5, 5.41) is 4.78. The number of anilines is 3. The molecule has 0 bridgehead atoms. The molecule has 0 aliphatic rings. The predicted molar refractivity (Wildman–Crippen MR) is 239 cm³/mol. The van der Waals surface area contributed by atoms with Gasteiger partial charge in [0.25, 0.3) is 0 Å². The van der Waals surface area contributed by atoms with Crippen molar-refractivity contribution in [3.05, 3.63) is 218 Å². The van der Waals surface area contributed by atoms with Crippen LogP contribution in [-0.2, 0) is 0 Å². The SMILES string of the molecule is c1ccc(-c2cccc3c2oc2c(-c4ccc(N(c5ccccc5)c5ccc(-c6cccc(-n7c8ccccc8c8ccccc87)c6)cc5)cc4)cccc23)cc1. The molecule has 0 spiro atoms. The van der Waals surface area contributed by atoms with Crippen LogP contribution in [0.25, 0.3) is 82.8 Å². The van der Waals surface area contributed by atoms with E-state index in [2.05, 4.69) is 222 Å². The van der Waals surface area contributed by atoms with E-state index in [4.69, 9.17) is 4.42 Å². The van der Waals surface area contributed by atoms with E-state index in [1.54, 1.807) is 0 Å². The number of aromatic nitrogens is 1. The second kappa shape index (κ2) is 13.6. The molecule has 11 rings (SSSR count). The van der Waals surface area contributed by atoms with Crippen LogP contribution in [0.2, 0.25) is 0 Å². The maximum Gasteiger partial charge on any atom is 0.143 e. The van der Waals surface area contributed by atoms with Gasteiger partial charge < -0.3 is 13.9 Å². The number of para-hydroxylation sites is 5. The quantitative estimate of drug-likeness (QED) is 0.163. The molecule has 0 aliphatic heterocycles. The number of nitrogens with zero attached hydrogens (tertiary/aromatic N) is 2. The van der Waals surface area contributed by atoms with Crippen molar-refractivity contribution < 1.29 is 4.42 Å². The number of hydrogen-bond donors (Lipinski definition) is 0. The van der Waals surface area contributed by atoms with Crippen LogP contribution in [0.15, 0.2) is 223 Å². The lowest BCUT2D eigenvalue weighted by Gasteiger charge is -2.26. The fourth-order valence-electron chi connectivity index (χ4n) is 8.54. The minimum absolute atomic E-state index is 0.904. The Morgan fingerprint density at radius 2 is 0.754 bits per heavy atom. The summed E-state index contributed by atoms with van der Waals surface area (Å²) in [5.74, 6) is 0. The molecule has 0 unspecified atom stereocenters. The molecule has 268 valence electrons. The molecule has 3 heteroatoms. The van der Waals surface area contributed by atoms with Crippen molar-refractivity contribution in [1.29, 1.82) is 0 Å². The van der Waals surface area contributed by atoms with Crippen LogP contribution in [0.3, 0.4) is 0 Å². The summed E-state index contributed by atoms with van der Waals surface area (Å²) in [5.41, 5.74) is 15.4. The molecule has 11 aromatic rings. The van der Waals surface area contributed by atoms with Crippen LogP contribution < -0.4 is 4.90 Å². The molecule has 2 aromatic heterocycles. The zero-order valence-electron chi connectivity index (χ0n) is 31.1. The predicted octanol–water partition coefficient (Wildman–Crippen LogP) is 15.2. The molecule has 0 atom stereocenters. The van der Waals surface area contributed by atoms with Crippen molar-refractivity contribution >= 4 is 60.8 Å². The lowest BCUT2D eigenvalue weighted by Crippen LogP contribution is -2.09. The van der Waals surface area contributed by atoms with Gasteiger partial charge in [0.05, 0.1) is 11.0 Å². The molecule has 0 saturated heterocycles. The number of hydrogen-bond acceptors (Lipinski definition) is 2. The average molecular weight is 729 g/mol. The van der Waals surface area contributed by atoms with E-state index >= 15 is 0 Å². The molecule has 3 nitrogen and oxygen atoms in total. The van der Waals surface area contributed by atoms with Crippen LogP contribution in [0, 0.1) is 0 Å². The van der Waals surface area contributed by atoms with Gasteiger partial charge in [-0.2, -0.15) is 0 Å². The van der Waals surface area contributed by atoms with E-state index in [1.807, 2.05) is 6.07 Å².